The lowest BCUT2D eigenvalue weighted by molar-refractivity contribution is -0.139. The number of methoxy groups -OCH3 is 2. The fourth-order valence-corrected chi connectivity index (χ4v) is 3.31. The van der Waals surface area contributed by atoms with Crippen molar-refractivity contribution in [2.75, 3.05) is 45.3 Å². The number of anilines is 1. The highest BCUT2D eigenvalue weighted by Crippen LogP contribution is 2.22. The zero-order valence-corrected chi connectivity index (χ0v) is 16.8. The van der Waals surface area contributed by atoms with Crippen LogP contribution in [0.1, 0.15) is 13.3 Å². The first-order valence-electron chi connectivity index (χ1n) is 9.63. The molecule has 0 bridgehead atoms. The van der Waals surface area contributed by atoms with Crippen LogP contribution in [0.15, 0.2) is 48.5 Å². The van der Waals surface area contributed by atoms with E-state index < -0.39 is 6.10 Å². The molecule has 150 valence electrons. The van der Waals surface area contributed by atoms with E-state index in [2.05, 4.69) is 17.0 Å². The summed E-state index contributed by atoms with van der Waals surface area (Å²) in [5.74, 6) is 2.34. The Morgan fingerprint density at radius 1 is 0.857 bits per heavy atom. The molecule has 1 amide bonds. The monoisotopic (exact) mass is 384 g/mol. The van der Waals surface area contributed by atoms with E-state index in [0.717, 1.165) is 30.3 Å². The van der Waals surface area contributed by atoms with Crippen LogP contribution in [0.3, 0.4) is 0 Å². The largest absolute Gasteiger partial charge is 0.497 e. The molecule has 28 heavy (non-hydrogen) atoms. The van der Waals surface area contributed by atoms with E-state index in [1.165, 1.54) is 0 Å². The number of rotatable bonds is 7. The molecule has 1 fully saturated rings. The van der Waals surface area contributed by atoms with Gasteiger partial charge in [0.25, 0.3) is 5.91 Å². The molecular formula is C22H28N2O4. The fourth-order valence-electron chi connectivity index (χ4n) is 3.31. The highest BCUT2D eigenvalue weighted by molar-refractivity contribution is 5.81. The van der Waals surface area contributed by atoms with Crippen LogP contribution in [-0.4, -0.2) is 57.3 Å². The zero-order chi connectivity index (χ0) is 19.9. The molecule has 1 aliphatic rings. The second-order valence-electron chi connectivity index (χ2n) is 6.70. The van der Waals surface area contributed by atoms with Gasteiger partial charge in [-0.3, -0.25) is 4.79 Å². The van der Waals surface area contributed by atoms with Crippen molar-refractivity contribution in [3.05, 3.63) is 48.5 Å². The van der Waals surface area contributed by atoms with Crippen molar-refractivity contribution in [2.24, 2.45) is 0 Å². The van der Waals surface area contributed by atoms with Crippen molar-refractivity contribution in [1.82, 2.24) is 4.90 Å². The lowest BCUT2D eigenvalue weighted by atomic mass is 10.2. The molecule has 0 radical (unpaired) electrons. The minimum absolute atomic E-state index is 0.0488. The Hall–Kier alpha value is -2.89. The van der Waals surface area contributed by atoms with E-state index in [9.17, 15) is 4.79 Å². The van der Waals surface area contributed by atoms with Gasteiger partial charge in [0, 0.05) is 31.9 Å². The highest BCUT2D eigenvalue weighted by atomic mass is 16.5. The molecule has 6 heteroatoms. The van der Waals surface area contributed by atoms with E-state index in [1.54, 1.807) is 14.2 Å². The fraction of sp³-hybridized carbons (Fsp3) is 0.409. The van der Waals surface area contributed by atoms with Crippen LogP contribution in [0, 0.1) is 0 Å². The number of carbonyl (C=O) groups is 1. The van der Waals surface area contributed by atoms with Crippen LogP contribution >= 0.6 is 0 Å². The molecule has 0 aromatic heterocycles. The van der Waals surface area contributed by atoms with E-state index in [-0.39, 0.29) is 5.91 Å². The van der Waals surface area contributed by atoms with Crippen LogP contribution in [0.5, 0.6) is 17.2 Å². The Morgan fingerprint density at radius 2 is 1.36 bits per heavy atom. The number of benzene rings is 2. The summed E-state index contributed by atoms with van der Waals surface area (Å²) in [6.07, 6.45) is 0.157. The maximum atomic E-state index is 12.9. The predicted molar refractivity (Wildman–Crippen MR) is 109 cm³/mol. The van der Waals surface area contributed by atoms with Crippen molar-refractivity contribution in [3.8, 4) is 17.2 Å². The molecule has 1 saturated heterocycles. The number of hydrogen-bond acceptors (Lipinski definition) is 5. The Labute approximate surface area is 166 Å². The van der Waals surface area contributed by atoms with Crippen molar-refractivity contribution < 1.29 is 19.0 Å². The van der Waals surface area contributed by atoms with Gasteiger partial charge in [-0.15, -0.1) is 0 Å². The number of piperazine rings is 1. The van der Waals surface area contributed by atoms with Crippen LogP contribution in [0.25, 0.3) is 0 Å². The number of hydrogen-bond donors (Lipinski definition) is 0. The van der Waals surface area contributed by atoms with E-state index in [1.807, 2.05) is 48.2 Å². The van der Waals surface area contributed by atoms with Crippen LogP contribution in [-0.2, 0) is 4.79 Å². The molecule has 0 saturated carbocycles. The van der Waals surface area contributed by atoms with Crippen molar-refractivity contribution in [2.45, 2.75) is 19.4 Å². The lowest BCUT2D eigenvalue weighted by Gasteiger charge is -2.37. The average Bonchev–Trinajstić information content (AvgIpc) is 2.77. The van der Waals surface area contributed by atoms with Gasteiger partial charge in [0.2, 0.25) is 0 Å². The summed E-state index contributed by atoms with van der Waals surface area (Å²) in [7, 11) is 3.29. The van der Waals surface area contributed by atoms with Gasteiger partial charge in [0.05, 0.1) is 14.2 Å². The van der Waals surface area contributed by atoms with Crippen molar-refractivity contribution in [3.63, 3.8) is 0 Å². The molecule has 3 rings (SSSR count). The summed E-state index contributed by atoms with van der Waals surface area (Å²) >= 11 is 0. The van der Waals surface area contributed by atoms with Crippen LogP contribution in [0.2, 0.25) is 0 Å². The molecule has 0 spiro atoms. The van der Waals surface area contributed by atoms with Gasteiger partial charge in [-0.05, 0) is 55.0 Å². The lowest BCUT2D eigenvalue weighted by Crippen LogP contribution is -2.52. The van der Waals surface area contributed by atoms with Gasteiger partial charge in [-0.1, -0.05) is 6.92 Å². The summed E-state index contributed by atoms with van der Waals surface area (Å²) in [6.45, 7) is 4.95. The van der Waals surface area contributed by atoms with Gasteiger partial charge in [-0.25, -0.2) is 0 Å². The molecule has 1 atom stereocenters. The molecule has 0 N–H and O–H groups in total. The third kappa shape index (κ3) is 4.68. The molecule has 2 aromatic carbocycles. The first-order chi connectivity index (χ1) is 13.6. The topological polar surface area (TPSA) is 51.2 Å². The SMILES string of the molecule is CC[C@H](Oc1ccc(OC)cc1)C(=O)N1CCN(c2ccc(OC)cc2)CC1. The van der Waals surface area contributed by atoms with Crippen molar-refractivity contribution >= 4 is 11.6 Å². The maximum absolute atomic E-state index is 12.9. The standard InChI is InChI=1S/C22H28N2O4/c1-4-21(28-20-11-9-19(27-3)10-12-20)22(25)24-15-13-23(14-16-24)17-5-7-18(26-2)8-6-17/h5-12,21H,4,13-16H2,1-3H3/t21-/m0/s1. The number of carbonyl (C=O) groups excluding carboxylic acids is 1. The second kappa shape index (κ2) is 9.35. The number of nitrogens with zero attached hydrogens (tertiary/aromatic N) is 2. The molecular weight excluding hydrogens is 356 g/mol. The normalized spacial score (nSPS) is 15.1. The summed E-state index contributed by atoms with van der Waals surface area (Å²) in [6, 6.07) is 15.4. The summed E-state index contributed by atoms with van der Waals surface area (Å²) in [4.78, 5) is 17.1. The summed E-state index contributed by atoms with van der Waals surface area (Å²) in [5, 5.41) is 0. The first kappa shape index (κ1) is 19.9. The smallest absolute Gasteiger partial charge is 0.263 e. The van der Waals surface area contributed by atoms with E-state index in [4.69, 9.17) is 14.2 Å². The minimum atomic E-state index is -0.471. The summed E-state index contributed by atoms with van der Waals surface area (Å²) < 4.78 is 16.3. The predicted octanol–water partition coefficient (Wildman–Crippen LogP) is 3.21. The Kier molecular flexibility index (Phi) is 6.63. The number of ether oxygens (including phenoxy) is 3. The van der Waals surface area contributed by atoms with Gasteiger partial charge >= 0.3 is 0 Å². The Morgan fingerprint density at radius 3 is 1.86 bits per heavy atom. The molecule has 2 aromatic rings. The summed E-state index contributed by atoms with van der Waals surface area (Å²) in [5.41, 5.74) is 1.15. The van der Waals surface area contributed by atoms with Crippen LogP contribution < -0.4 is 19.1 Å². The third-order valence-electron chi connectivity index (χ3n) is 5.01. The van der Waals surface area contributed by atoms with Gasteiger partial charge < -0.3 is 24.0 Å². The molecule has 0 unspecified atom stereocenters. The minimum Gasteiger partial charge on any atom is -0.497 e. The molecule has 1 heterocycles. The van der Waals surface area contributed by atoms with Gasteiger partial charge in [-0.2, -0.15) is 0 Å². The molecule has 6 nitrogen and oxygen atoms in total. The van der Waals surface area contributed by atoms with E-state index in [0.29, 0.717) is 25.3 Å². The molecule has 1 aliphatic heterocycles. The van der Waals surface area contributed by atoms with Crippen molar-refractivity contribution in [1.29, 1.82) is 0 Å². The third-order valence-corrected chi connectivity index (χ3v) is 5.01. The maximum Gasteiger partial charge on any atom is 0.263 e. The average molecular weight is 384 g/mol. The molecule has 0 aliphatic carbocycles. The van der Waals surface area contributed by atoms with Gasteiger partial charge in [0.1, 0.15) is 17.2 Å². The van der Waals surface area contributed by atoms with Gasteiger partial charge in [0.15, 0.2) is 6.10 Å². The zero-order valence-electron chi connectivity index (χ0n) is 16.8. The highest BCUT2D eigenvalue weighted by Gasteiger charge is 2.28. The Balaban J connectivity index is 1.56. The second-order valence-corrected chi connectivity index (χ2v) is 6.70. The number of amides is 1. The first-order valence-corrected chi connectivity index (χ1v) is 9.63. The van der Waals surface area contributed by atoms with E-state index >= 15 is 0 Å². The quantitative estimate of drug-likeness (QED) is 0.734. The Bertz CT molecular complexity index is 753. The van der Waals surface area contributed by atoms with Crippen LogP contribution in [0.4, 0.5) is 5.69 Å².